The molecule has 1 N–H and O–H groups in total. The van der Waals surface area contributed by atoms with E-state index in [9.17, 15) is 44.7 Å². The maximum atomic E-state index is 13.5. The number of amides is 1. The lowest BCUT2D eigenvalue weighted by Gasteiger charge is -2.21. The molecule has 0 bridgehead atoms. The smallest absolute Gasteiger partial charge is 0.456 e. The number of benzene rings is 2. The molecule has 2 aromatic heterocycles. The molecular weight excluding hydrogens is 724 g/mol. The number of halogens is 8. The molecule has 5 rings (SSSR count). The zero-order chi connectivity index (χ0) is 38.1. The van der Waals surface area contributed by atoms with Crippen LogP contribution in [-0.4, -0.2) is 64.7 Å². The number of carbonyl (C=O) groups is 2. The summed E-state index contributed by atoms with van der Waals surface area (Å²) >= 11 is 0. The molecule has 0 unspecified atom stereocenters. The third kappa shape index (κ3) is 11.1. The molecule has 0 spiro atoms. The molecule has 2 heterocycles. The fourth-order valence-corrected chi connectivity index (χ4v) is 5.02. The number of nitrogens with zero attached hydrogens (tertiary/aromatic N) is 3. The third-order valence-electron chi connectivity index (χ3n) is 7.17. The van der Waals surface area contributed by atoms with E-state index in [4.69, 9.17) is 4.74 Å². The van der Waals surface area contributed by atoms with E-state index in [2.05, 4.69) is 58.2 Å². The van der Waals surface area contributed by atoms with Gasteiger partial charge in [-0.25, -0.2) is 19.2 Å². The van der Waals surface area contributed by atoms with E-state index < -0.39 is 79.9 Å². The maximum Gasteiger partial charge on any atom is 0.522 e. The highest BCUT2D eigenvalue weighted by Crippen LogP contribution is 2.32. The van der Waals surface area contributed by atoms with Gasteiger partial charge in [0.15, 0.2) is 0 Å². The largest absolute Gasteiger partial charge is 0.522 e. The van der Waals surface area contributed by atoms with Gasteiger partial charge in [-0.3, -0.25) is 14.5 Å². The van der Waals surface area contributed by atoms with Gasteiger partial charge >= 0.3 is 25.6 Å². The topological polar surface area (TPSA) is 122 Å². The quantitative estimate of drug-likeness (QED) is 0.124. The molecule has 1 aliphatic rings. The Morgan fingerprint density at radius 1 is 0.755 bits per heavy atom. The van der Waals surface area contributed by atoms with Crippen molar-refractivity contribution in [2.45, 2.75) is 50.7 Å². The van der Waals surface area contributed by atoms with Crippen molar-refractivity contribution >= 4 is 11.9 Å². The molecule has 274 valence electrons. The van der Waals surface area contributed by atoms with Gasteiger partial charge in [-0.1, -0.05) is 23.7 Å². The molecule has 0 saturated heterocycles. The second-order valence-corrected chi connectivity index (χ2v) is 10.9. The number of pyridine rings is 1. The van der Waals surface area contributed by atoms with Crippen LogP contribution < -0.4 is 14.8 Å². The van der Waals surface area contributed by atoms with E-state index >= 15 is 0 Å². The van der Waals surface area contributed by atoms with Crippen molar-refractivity contribution < 1.29 is 63.7 Å². The van der Waals surface area contributed by atoms with Gasteiger partial charge in [0.05, 0.1) is 40.6 Å². The molecule has 1 saturated carbocycles. The van der Waals surface area contributed by atoms with E-state index in [-0.39, 0.29) is 27.8 Å². The first-order chi connectivity index (χ1) is 25.2. The number of ether oxygens (including phenoxy) is 4. The first-order valence-electron chi connectivity index (χ1n) is 15.1. The van der Waals surface area contributed by atoms with Crippen LogP contribution in [0.15, 0.2) is 73.6 Å². The molecule has 4 aromatic rings. The first kappa shape index (κ1) is 38.0. The molecule has 1 amide bonds. The standard InChI is InChI=1S/C35H22F8N4O6/c36-25-9-19(14-44-17-25)1-3-21-10-23(5-7-28(21)51-33(37)38)31(48)47-27-12-26(53-35(41,42)43)13-30(27)50-32(49)24-6-8-29(52-34(39)40)22(11-24)4-2-20-15-45-18-46-16-20/h5-11,14-18,26-27,30,33-34H,12-13H2,(H,47,48)/t26-,27-,30-/m0/s1. The fourth-order valence-electron chi connectivity index (χ4n) is 5.02. The summed E-state index contributed by atoms with van der Waals surface area (Å²) in [5.41, 5.74) is -0.506. The predicted molar refractivity (Wildman–Crippen MR) is 165 cm³/mol. The summed E-state index contributed by atoms with van der Waals surface area (Å²) in [6.45, 7) is -6.52. The van der Waals surface area contributed by atoms with E-state index in [1.165, 1.54) is 24.9 Å². The van der Waals surface area contributed by atoms with Crippen LogP contribution in [0.3, 0.4) is 0 Å². The number of nitrogens with one attached hydrogen (secondary N) is 1. The summed E-state index contributed by atoms with van der Waals surface area (Å²) in [6.07, 6.45) is -3.05. The second-order valence-electron chi connectivity index (χ2n) is 10.9. The summed E-state index contributed by atoms with van der Waals surface area (Å²) in [6, 6.07) is 6.03. The lowest BCUT2D eigenvalue weighted by Crippen LogP contribution is -2.42. The van der Waals surface area contributed by atoms with Crippen LogP contribution in [0.2, 0.25) is 0 Å². The van der Waals surface area contributed by atoms with Gasteiger partial charge in [0, 0.05) is 36.1 Å². The van der Waals surface area contributed by atoms with Crippen LogP contribution in [0.25, 0.3) is 0 Å². The molecule has 53 heavy (non-hydrogen) atoms. The van der Waals surface area contributed by atoms with Crippen LogP contribution in [0.5, 0.6) is 11.5 Å². The Morgan fingerprint density at radius 2 is 1.34 bits per heavy atom. The number of rotatable bonds is 9. The molecule has 10 nitrogen and oxygen atoms in total. The third-order valence-corrected chi connectivity index (χ3v) is 7.17. The van der Waals surface area contributed by atoms with Gasteiger partial charge in [-0.15, -0.1) is 13.2 Å². The zero-order valence-electron chi connectivity index (χ0n) is 26.5. The first-order valence-corrected chi connectivity index (χ1v) is 15.1. The predicted octanol–water partition coefficient (Wildman–Crippen LogP) is 6.04. The summed E-state index contributed by atoms with van der Waals surface area (Å²) in [5.74, 6) is 6.60. The Labute approximate surface area is 294 Å². The number of aromatic nitrogens is 3. The lowest BCUT2D eigenvalue weighted by atomic mass is 10.1. The number of hydrogen-bond donors (Lipinski definition) is 1. The van der Waals surface area contributed by atoms with Crippen LogP contribution in [0.1, 0.15) is 55.8 Å². The van der Waals surface area contributed by atoms with Crippen LogP contribution in [0, 0.1) is 29.5 Å². The van der Waals surface area contributed by atoms with Gasteiger partial charge in [-0.2, -0.15) is 17.6 Å². The van der Waals surface area contributed by atoms with Gasteiger partial charge in [-0.05, 0) is 48.9 Å². The van der Waals surface area contributed by atoms with Crippen molar-refractivity contribution in [1.82, 2.24) is 20.3 Å². The van der Waals surface area contributed by atoms with Crippen LogP contribution in [0.4, 0.5) is 35.1 Å². The minimum atomic E-state index is -5.08. The Bertz CT molecular complexity index is 2080. The van der Waals surface area contributed by atoms with E-state index in [1.807, 2.05) is 0 Å². The second kappa shape index (κ2) is 16.8. The van der Waals surface area contributed by atoms with E-state index in [0.717, 1.165) is 48.7 Å². The van der Waals surface area contributed by atoms with E-state index in [0.29, 0.717) is 5.56 Å². The van der Waals surface area contributed by atoms with Gasteiger partial charge in [0.25, 0.3) is 5.91 Å². The SMILES string of the molecule is O=C(N[C@H]1C[C@H](OC(F)(F)F)C[C@@H]1OC(=O)c1ccc(OC(F)F)c(C#Cc2cncnc2)c1)c1ccc(OC(F)F)c(C#Cc2cncc(F)c2)c1. The number of alkyl halides is 7. The minimum Gasteiger partial charge on any atom is -0.456 e. The highest BCUT2D eigenvalue weighted by atomic mass is 19.4. The summed E-state index contributed by atoms with van der Waals surface area (Å²) < 4.78 is 124. The van der Waals surface area contributed by atoms with E-state index in [1.54, 1.807) is 0 Å². The Balaban J connectivity index is 1.39. The molecule has 2 aromatic carbocycles. The van der Waals surface area contributed by atoms with Crippen molar-refractivity contribution in [3.63, 3.8) is 0 Å². The summed E-state index contributed by atoms with van der Waals surface area (Å²) in [4.78, 5) is 37.8. The summed E-state index contributed by atoms with van der Waals surface area (Å²) in [5, 5.41) is 2.47. The van der Waals surface area contributed by atoms with Crippen molar-refractivity contribution in [3.8, 4) is 35.2 Å². The minimum absolute atomic E-state index is 0.0651. The van der Waals surface area contributed by atoms with Gasteiger partial charge < -0.3 is 19.5 Å². The highest BCUT2D eigenvalue weighted by Gasteiger charge is 2.44. The average molecular weight is 747 g/mol. The van der Waals surface area contributed by atoms with Crippen molar-refractivity contribution in [2.24, 2.45) is 0 Å². The fraction of sp³-hybridized carbons (Fsp3) is 0.229. The molecule has 1 fully saturated rings. The molecular formula is C35H22F8N4O6. The Morgan fingerprint density at radius 3 is 1.94 bits per heavy atom. The van der Waals surface area contributed by atoms with Gasteiger partial charge in [0.1, 0.15) is 29.7 Å². The maximum absolute atomic E-state index is 13.5. The molecule has 0 radical (unpaired) electrons. The van der Waals surface area contributed by atoms with Gasteiger partial charge in [0.2, 0.25) is 0 Å². The zero-order valence-corrected chi connectivity index (χ0v) is 26.5. The van der Waals surface area contributed by atoms with Crippen LogP contribution >= 0.6 is 0 Å². The van der Waals surface area contributed by atoms with Crippen molar-refractivity contribution in [1.29, 1.82) is 0 Å². The molecule has 0 aliphatic heterocycles. The van der Waals surface area contributed by atoms with Crippen LogP contribution in [-0.2, 0) is 9.47 Å². The Kier molecular flexibility index (Phi) is 12.1. The normalized spacial score (nSPS) is 16.6. The molecule has 18 heteroatoms. The van der Waals surface area contributed by atoms with Crippen molar-refractivity contribution in [3.05, 3.63) is 113 Å². The average Bonchev–Trinajstić information content (AvgIpc) is 3.45. The Hall–Kier alpha value is -6.27. The van der Waals surface area contributed by atoms with Crippen molar-refractivity contribution in [2.75, 3.05) is 0 Å². The number of carbonyl (C=O) groups excluding carboxylic acids is 2. The number of esters is 1. The molecule has 3 atom stereocenters. The molecule has 1 aliphatic carbocycles. The monoisotopic (exact) mass is 746 g/mol. The highest BCUT2D eigenvalue weighted by molar-refractivity contribution is 5.95. The lowest BCUT2D eigenvalue weighted by molar-refractivity contribution is -0.342. The summed E-state index contributed by atoms with van der Waals surface area (Å²) in [7, 11) is 0. The number of hydrogen-bond acceptors (Lipinski definition) is 9.